The summed E-state index contributed by atoms with van der Waals surface area (Å²) in [6.07, 6.45) is -0.586. The van der Waals surface area contributed by atoms with Gasteiger partial charge in [-0.2, -0.15) is 0 Å². The van der Waals surface area contributed by atoms with Crippen molar-refractivity contribution in [2.24, 2.45) is 11.7 Å². The lowest BCUT2D eigenvalue weighted by molar-refractivity contribution is -0.129. The molecular formula is C22H25BrClN3O4. The van der Waals surface area contributed by atoms with E-state index in [4.69, 9.17) is 22.1 Å². The molecular weight excluding hydrogens is 486 g/mol. The van der Waals surface area contributed by atoms with Gasteiger partial charge in [-0.1, -0.05) is 71.7 Å². The van der Waals surface area contributed by atoms with Crippen molar-refractivity contribution in [1.82, 2.24) is 10.6 Å². The Hall–Kier alpha value is -2.58. The third-order valence-corrected chi connectivity index (χ3v) is 5.54. The van der Waals surface area contributed by atoms with E-state index in [1.807, 2.05) is 30.3 Å². The molecule has 0 saturated heterocycles. The van der Waals surface area contributed by atoms with Gasteiger partial charge in [-0.3, -0.25) is 9.59 Å². The SMILES string of the molecule is CC(C)[C@@H](NC(=O)OCc1ccccc1)C(=O)N[C@H](Cc1cc(Cl)ccc1Br)C(N)=O. The van der Waals surface area contributed by atoms with Gasteiger partial charge in [-0.25, -0.2) is 4.79 Å². The van der Waals surface area contributed by atoms with Gasteiger partial charge >= 0.3 is 6.09 Å². The number of hydrogen-bond acceptors (Lipinski definition) is 4. The lowest BCUT2D eigenvalue weighted by atomic mass is 10.0. The van der Waals surface area contributed by atoms with Crippen LogP contribution in [0.15, 0.2) is 53.0 Å². The van der Waals surface area contributed by atoms with Gasteiger partial charge in [0.25, 0.3) is 0 Å². The van der Waals surface area contributed by atoms with Gasteiger partial charge < -0.3 is 21.1 Å². The molecule has 7 nitrogen and oxygen atoms in total. The molecule has 2 aromatic carbocycles. The number of primary amides is 1. The number of rotatable bonds is 9. The Morgan fingerprint density at radius 3 is 2.39 bits per heavy atom. The van der Waals surface area contributed by atoms with Crippen LogP contribution < -0.4 is 16.4 Å². The minimum atomic E-state index is -0.981. The number of benzene rings is 2. The minimum Gasteiger partial charge on any atom is -0.445 e. The molecule has 31 heavy (non-hydrogen) atoms. The van der Waals surface area contributed by atoms with Gasteiger partial charge in [0.15, 0.2) is 0 Å². The van der Waals surface area contributed by atoms with Crippen LogP contribution in [0.4, 0.5) is 4.79 Å². The molecule has 9 heteroatoms. The number of alkyl carbamates (subject to hydrolysis) is 1. The number of ether oxygens (including phenoxy) is 1. The van der Waals surface area contributed by atoms with Crippen LogP contribution in [-0.4, -0.2) is 30.0 Å². The highest BCUT2D eigenvalue weighted by molar-refractivity contribution is 9.10. The Morgan fingerprint density at radius 2 is 1.77 bits per heavy atom. The van der Waals surface area contributed by atoms with Crippen molar-refractivity contribution < 1.29 is 19.1 Å². The molecule has 0 aliphatic carbocycles. The molecule has 0 aliphatic heterocycles. The zero-order valence-electron chi connectivity index (χ0n) is 17.2. The summed E-state index contributed by atoms with van der Waals surface area (Å²) in [5.74, 6) is -1.49. The number of amides is 3. The average molecular weight is 511 g/mol. The number of nitrogens with one attached hydrogen (secondary N) is 2. The average Bonchev–Trinajstić information content (AvgIpc) is 2.72. The van der Waals surface area contributed by atoms with Crippen molar-refractivity contribution in [2.75, 3.05) is 0 Å². The van der Waals surface area contributed by atoms with Gasteiger partial charge in [-0.05, 0) is 35.2 Å². The predicted molar refractivity (Wildman–Crippen MR) is 122 cm³/mol. The fraction of sp³-hybridized carbons (Fsp3) is 0.318. The van der Waals surface area contributed by atoms with E-state index in [2.05, 4.69) is 26.6 Å². The summed E-state index contributed by atoms with van der Waals surface area (Å²) in [6, 6.07) is 12.4. The molecule has 0 aliphatic rings. The molecule has 0 fully saturated rings. The quantitative estimate of drug-likeness (QED) is 0.479. The van der Waals surface area contributed by atoms with Gasteiger partial charge in [0, 0.05) is 15.9 Å². The fourth-order valence-electron chi connectivity index (χ4n) is 2.83. The first kappa shape index (κ1) is 24.7. The van der Waals surface area contributed by atoms with Crippen LogP contribution in [0, 0.1) is 5.92 Å². The topological polar surface area (TPSA) is 111 Å². The van der Waals surface area contributed by atoms with E-state index >= 15 is 0 Å². The van der Waals surface area contributed by atoms with E-state index in [9.17, 15) is 14.4 Å². The Labute approximate surface area is 194 Å². The van der Waals surface area contributed by atoms with Crippen molar-refractivity contribution in [1.29, 1.82) is 0 Å². The summed E-state index contributed by atoms with van der Waals surface area (Å²) in [7, 11) is 0. The zero-order chi connectivity index (χ0) is 23.0. The summed E-state index contributed by atoms with van der Waals surface area (Å²) in [6.45, 7) is 3.62. The Balaban J connectivity index is 2.02. The van der Waals surface area contributed by atoms with Crippen molar-refractivity contribution in [3.05, 3.63) is 69.2 Å². The van der Waals surface area contributed by atoms with Gasteiger partial charge in [-0.15, -0.1) is 0 Å². The minimum absolute atomic E-state index is 0.0752. The van der Waals surface area contributed by atoms with Gasteiger partial charge in [0.05, 0.1) is 0 Å². The van der Waals surface area contributed by atoms with Crippen molar-refractivity contribution in [3.63, 3.8) is 0 Å². The summed E-state index contributed by atoms with van der Waals surface area (Å²) < 4.78 is 5.93. The van der Waals surface area contributed by atoms with E-state index in [-0.39, 0.29) is 18.9 Å². The molecule has 0 unspecified atom stereocenters. The van der Waals surface area contributed by atoms with Crippen LogP contribution in [0.25, 0.3) is 0 Å². The number of nitrogens with two attached hydrogens (primary N) is 1. The molecule has 0 bridgehead atoms. The number of halogens is 2. The number of hydrogen-bond donors (Lipinski definition) is 3. The van der Waals surface area contributed by atoms with E-state index < -0.39 is 30.0 Å². The maximum atomic E-state index is 12.8. The van der Waals surface area contributed by atoms with Crippen LogP contribution in [0.5, 0.6) is 0 Å². The van der Waals surface area contributed by atoms with Gasteiger partial charge in [0.2, 0.25) is 11.8 Å². The first-order chi connectivity index (χ1) is 14.7. The maximum Gasteiger partial charge on any atom is 0.408 e. The monoisotopic (exact) mass is 509 g/mol. The van der Waals surface area contributed by atoms with Crippen molar-refractivity contribution in [3.8, 4) is 0 Å². The van der Waals surface area contributed by atoms with Crippen LogP contribution in [0.2, 0.25) is 5.02 Å². The van der Waals surface area contributed by atoms with E-state index in [1.54, 1.807) is 32.0 Å². The lowest BCUT2D eigenvalue weighted by Crippen LogP contribution is -2.55. The maximum absolute atomic E-state index is 12.8. The molecule has 0 saturated carbocycles. The third kappa shape index (κ3) is 7.88. The Morgan fingerprint density at radius 1 is 1.10 bits per heavy atom. The second kappa shape index (κ2) is 11.7. The molecule has 2 aromatic rings. The van der Waals surface area contributed by atoms with E-state index in [1.165, 1.54) is 0 Å². The van der Waals surface area contributed by atoms with Crippen LogP contribution >= 0.6 is 27.5 Å². The summed E-state index contributed by atoms with van der Waals surface area (Å²) in [5.41, 5.74) is 7.04. The molecule has 3 amide bonds. The lowest BCUT2D eigenvalue weighted by Gasteiger charge is -2.24. The zero-order valence-corrected chi connectivity index (χ0v) is 19.6. The highest BCUT2D eigenvalue weighted by Gasteiger charge is 2.29. The number of carbonyl (C=O) groups is 3. The molecule has 2 rings (SSSR count). The highest BCUT2D eigenvalue weighted by Crippen LogP contribution is 2.22. The molecule has 0 aromatic heterocycles. The second-order valence-electron chi connectivity index (χ2n) is 7.33. The molecule has 4 N–H and O–H groups in total. The Bertz CT molecular complexity index is 924. The van der Waals surface area contributed by atoms with E-state index in [0.717, 1.165) is 10.0 Å². The van der Waals surface area contributed by atoms with Gasteiger partial charge in [0.1, 0.15) is 18.7 Å². The van der Waals surface area contributed by atoms with E-state index in [0.29, 0.717) is 10.6 Å². The highest BCUT2D eigenvalue weighted by atomic mass is 79.9. The first-order valence-corrected chi connectivity index (χ1v) is 10.8. The summed E-state index contributed by atoms with van der Waals surface area (Å²) >= 11 is 9.42. The predicted octanol–water partition coefficient (Wildman–Crippen LogP) is 3.57. The van der Waals surface area contributed by atoms with Crippen LogP contribution in [0.1, 0.15) is 25.0 Å². The first-order valence-electron chi connectivity index (χ1n) is 9.68. The second-order valence-corrected chi connectivity index (χ2v) is 8.62. The standard InChI is InChI=1S/C22H25BrClN3O4/c1-13(2)19(27-22(30)31-12-14-6-4-3-5-7-14)21(29)26-18(20(25)28)11-15-10-16(24)8-9-17(15)23/h3-10,13,18-19H,11-12H2,1-2H3,(H2,25,28)(H,26,29)(H,27,30)/t18-,19-/m1/s1. The third-order valence-electron chi connectivity index (χ3n) is 4.53. The van der Waals surface area contributed by atoms with Crippen molar-refractivity contribution in [2.45, 2.75) is 39.0 Å². The molecule has 0 heterocycles. The largest absolute Gasteiger partial charge is 0.445 e. The summed E-state index contributed by atoms with van der Waals surface area (Å²) in [4.78, 5) is 37.0. The Kier molecular flexibility index (Phi) is 9.33. The van der Waals surface area contributed by atoms with Crippen LogP contribution in [-0.2, 0) is 27.4 Å². The molecule has 2 atom stereocenters. The smallest absolute Gasteiger partial charge is 0.408 e. The molecule has 166 valence electrons. The van der Waals surface area contributed by atoms with Crippen LogP contribution in [0.3, 0.4) is 0 Å². The summed E-state index contributed by atoms with van der Waals surface area (Å²) in [5, 5.41) is 5.68. The fourth-order valence-corrected chi connectivity index (χ4v) is 3.43. The molecule has 0 spiro atoms. The normalized spacial score (nSPS) is 12.7. The number of carbonyl (C=O) groups excluding carboxylic acids is 3. The van der Waals surface area contributed by atoms with Crippen molar-refractivity contribution >= 4 is 45.4 Å². The molecule has 0 radical (unpaired) electrons.